The topological polar surface area (TPSA) is 0 Å². The van der Waals surface area contributed by atoms with E-state index >= 15 is 0 Å². The molecule has 0 aliphatic heterocycles. The maximum absolute atomic E-state index is 3.06. The summed E-state index contributed by atoms with van der Waals surface area (Å²) in [4.78, 5) is 0. The van der Waals surface area contributed by atoms with Gasteiger partial charge in [-0.1, -0.05) is 66.5 Å². The van der Waals surface area contributed by atoms with Gasteiger partial charge in [0.15, 0.2) is 0 Å². The Hall–Kier alpha value is -0.660. The van der Waals surface area contributed by atoms with Crippen LogP contribution in [-0.4, -0.2) is 6.88 Å². The summed E-state index contributed by atoms with van der Waals surface area (Å²) in [5, 5.41) is 5.58. The molecular weight excluding hydrogens is 599 g/mol. The molecule has 0 fully saturated rings. The van der Waals surface area contributed by atoms with Crippen LogP contribution < -0.4 is 0 Å². The van der Waals surface area contributed by atoms with Gasteiger partial charge in [0.1, 0.15) is 0 Å². The van der Waals surface area contributed by atoms with E-state index in [1.165, 1.54) is 80.0 Å². The van der Waals surface area contributed by atoms with E-state index in [9.17, 15) is 0 Å². The third-order valence-corrected chi connectivity index (χ3v) is 6.21. The molecule has 0 N–H and O–H groups in total. The van der Waals surface area contributed by atoms with Crippen LogP contribution in [0.1, 0.15) is 89.5 Å². The van der Waals surface area contributed by atoms with Crippen LogP contribution in [0.15, 0.2) is 60.7 Å². The van der Waals surface area contributed by atoms with Crippen LogP contribution in [-0.2, 0) is 36.2 Å². The van der Waals surface area contributed by atoms with Gasteiger partial charge < -0.3 is 14.9 Å². The summed E-state index contributed by atoms with van der Waals surface area (Å²) in [6, 6.07) is 23.1. The van der Waals surface area contributed by atoms with Crippen molar-refractivity contribution in [3.05, 3.63) is 97.8 Å². The standard InChI is InChI=1S/2C16H21.2CH3.2ClH.Si.Zr/c2*1-11(2)7-13-5-6-14-9-15(12(3)4)10-16(14)8-13;;;;;;/h2*5-6,8-12H,7H2,1-4H3;2*1H3;2*1H;;/q4*-1;;;;. The van der Waals surface area contributed by atoms with Crippen molar-refractivity contribution in [3.63, 3.8) is 0 Å². The third-order valence-electron chi connectivity index (χ3n) is 6.21. The summed E-state index contributed by atoms with van der Waals surface area (Å²) in [7, 11) is 0. The number of fused-ring (bicyclic) bond motifs is 2. The average molecular weight is 649 g/mol. The maximum atomic E-state index is 3.06. The van der Waals surface area contributed by atoms with Gasteiger partial charge in [0.2, 0.25) is 0 Å². The van der Waals surface area contributed by atoms with Crippen LogP contribution in [0.2, 0.25) is 0 Å². The molecule has 4 rings (SSSR count). The zero-order valence-corrected chi connectivity index (χ0v) is 30.4. The molecule has 0 nitrogen and oxygen atoms in total. The van der Waals surface area contributed by atoms with Crippen molar-refractivity contribution in [1.82, 2.24) is 0 Å². The van der Waals surface area contributed by atoms with Gasteiger partial charge >= 0.3 is 30.2 Å². The van der Waals surface area contributed by atoms with E-state index in [0.717, 1.165) is 11.8 Å². The van der Waals surface area contributed by atoms with Crippen LogP contribution in [0, 0.1) is 26.7 Å². The number of hydrogen-bond acceptors (Lipinski definition) is 0. The minimum atomic E-state index is 0. The van der Waals surface area contributed by atoms with Crippen molar-refractivity contribution in [1.29, 1.82) is 0 Å². The van der Waals surface area contributed by atoms with Gasteiger partial charge in [0.25, 0.3) is 0 Å². The van der Waals surface area contributed by atoms with Crippen molar-refractivity contribution >= 4 is 53.2 Å². The second-order valence-electron chi connectivity index (χ2n) is 11.0. The normalized spacial score (nSPS) is 10.1. The third kappa shape index (κ3) is 12.7. The fraction of sp³-hybridized carbons (Fsp3) is 0.412. The molecule has 4 aromatic rings. The summed E-state index contributed by atoms with van der Waals surface area (Å²) in [5.74, 6) is 2.72. The molecule has 0 atom stereocenters. The molecule has 0 saturated carbocycles. The van der Waals surface area contributed by atoms with Crippen molar-refractivity contribution < 1.29 is 23.3 Å². The van der Waals surface area contributed by atoms with Gasteiger partial charge in [-0.15, -0.1) is 106 Å². The van der Waals surface area contributed by atoms with Gasteiger partial charge in [-0.25, -0.2) is 0 Å². The molecular formula is C34H50Cl2SiZr-4. The van der Waals surface area contributed by atoms with Gasteiger partial charge in [-0.3, -0.25) is 0 Å². The summed E-state index contributed by atoms with van der Waals surface area (Å²) in [6.07, 6.45) is 2.36. The van der Waals surface area contributed by atoms with Crippen LogP contribution in [0.5, 0.6) is 0 Å². The summed E-state index contributed by atoms with van der Waals surface area (Å²) < 4.78 is 0. The van der Waals surface area contributed by atoms with Gasteiger partial charge in [0.05, 0.1) is 0 Å². The van der Waals surface area contributed by atoms with Crippen molar-refractivity contribution in [2.24, 2.45) is 11.8 Å². The van der Waals surface area contributed by atoms with Crippen LogP contribution in [0.4, 0.5) is 0 Å². The van der Waals surface area contributed by atoms with E-state index in [0.29, 0.717) is 11.8 Å². The number of rotatable bonds is 6. The monoisotopic (exact) mass is 646 g/mol. The van der Waals surface area contributed by atoms with Crippen molar-refractivity contribution in [2.45, 2.75) is 80.1 Å². The van der Waals surface area contributed by atoms with Gasteiger partial charge in [-0.05, 0) is 36.5 Å². The summed E-state index contributed by atoms with van der Waals surface area (Å²) in [5.41, 5.74) is 5.83. The molecule has 0 bridgehead atoms. The van der Waals surface area contributed by atoms with Crippen molar-refractivity contribution in [2.75, 3.05) is 0 Å². The summed E-state index contributed by atoms with van der Waals surface area (Å²) >= 11 is 1.36. The quantitative estimate of drug-likeness (QED) is 0.144. The Bertz CT molecular complexity index is 1080. The van der Waals surface area contributed by atoms with E-state index < -0.39 is 0 Å². The molecule has 0 saturated heterocycles. The first kappa shape index (κ1) is 41.8. The van der Waals surface area contributed by atoms with E-state index in [1.54, 1.807) is 0 Å². The molecule has 0 unspecified atom stereocenters. The average Bonchev–Trinajstić information content (AvgIpc) is 3.38. The zero-order chi connectivity index (χ0) is 25.4. The van der Waals surface area contributed by atoms with Gasteiger partial charge in [0, 0.05) is 0 Å². The Balaban J connectivity index is -0.000000551. The minimum absolute atomic E-state index is 0. The fourth-order valence-electron chi connectivity index (χ4n) is 4.43. The zero-order valence-electron chi connectivity index (χ0n) is 25.3. The molecule has 2 radical (unpaired) electrons. The SMILES string of the molecule is CC(C)Cc1ccc2[cH-]c(C(C)C)cc2c1.CC(C)Cc1ccc2[cH-]c(C(C)C)cc2c1.Cl.Cl.[CH3-].[CH3-].[Si]=[Zr]. The van der Waals surface area contributed by atoms with Crippen molar-refractivity contribution in [3.8, 4) is 0 Å². The molecule has 0 aliphatic carbocycles. The Morgan fingerprint density at radius 3 is 1.16 bits per heavy atom. The molecule has 0 aromatic heterocycles. The number of hydrogen-bond donors (Lipinski definition) is 0. The fourth-order valence-corrected chi connectivity index (χ4v) is 4.43. The molecule has 0 amide bonds. The molecule has 212 valence electrons. The van der Waals surface area contributed by atoms with E-state index in [1.807, 2.05) is 0 Å². The second kappa shape index (κ2) is 20.3. The Morgan fingerprint density at radius 1 is 0.579 bits per heavy atom. The van der Waals surface area contributed by atoms with Crippen LogP contribution in [0.25, 0.3) is 21.5 Å². The predicted octanol–water partition coefficient (Wildman–Crippen LogP) is 11.1. The Morgan fingerprint density at radius 2 is 0.895 bits per heavy atom. The molecule has 0 spiro atoms. The predicted molar refractivity (Wildman–Crippen MR) is 177 cm³/mol. The first-order valence-corrected chi connectivity index (χ1v) is 16.9. The first-order valence-electron chi connectivity index (χ1n) is 12.8. The van der Waals surface area contributed by atoms with E-state index in [-0.39, 0.29) is 39.7 Å². The van der Waals surface area contributed by atoms with E-state index in [2.05, 4.69) is 123 Å². The van der Waals surface area contributed by atoms with Crippen LogP contribution >= 0.6 is 24.8 Å². The van der Waals surface area contributed by atoms with E-state index in [4.69, 9.17) is 0 Å². The Labute approximate surface area is 264 Å². The molecule has 4 heteroatoms. The number of halogens is 2. The Kier molecular flexibility index (Phi) is 22.3. The number of benzene rings is 2. The molecule has 0 aliphatic rings. The van der Waals surface area contributed by atoms with Crippen LogP contribution in [0.3, 0.4) is 0 Å². The molecule has 4 aromatic carbocycles. The molecule has 38 heavy (non-hydrogen) atoms. The summed E-state index contributed by atoms with van der Waals surface area (Å²) in [6.45, 7) is 21.2. The molecule has 0 heterocycles. The second-order valence-corrected chi connectivity index (χ2v) is 11.0. The first-order chi connectivity index (χ1) is 16.1. The van der Waals surface area contributed by atoms with Gasteiger partial charge in [-0.2, -0.15) is 12.1 Å².